The normalized spacial score (nSPS) is 10.9. The summed E-state index contributed by atoms with van der Waals surface area (Å²) in [7, 11) is 0. The predicted molar refractivity (Wildman–Crippen MR) is 59.9 cm³/mol. The summed E-state index contributed by atoms with van der Waals surface area (Å²) in [4.78, 5) is 17.8. The van der Waals surface area contributed by atoms with Crippen LogP contribution in [0.4, 0.5) is 4.39 Å². The molecule has 3 aromatic rings. The minimum Gasteiger partial charge on any atom is -0.305 e. The summed E-state index contributed by atoms with van der Waals surface area (Å²) in [6, 6.07) is 4.17. The third-order valence-electron chi connectivity index (χ3n) is 2.46. The standard InChI is InChI=1S/C11H7FN4O/c12-7-1-2-8-9(3-7)15-11(17)16-10(8)6-4-13-14-5-6/h1-5H,(H,13,14)(H,15,16,17). The molecular formula is C11H7FN4O. The van der Waals surface area contributed by atoms with Crippen LogP contribution >= 0.6 is 0 Å². The van der Waals surface area contributed by atoms with Crippen LogP contribution in [0.5, 0.6) is 0 Å². The average molecular weight is 230 g/mol. The first kappa shape index (κ1) is 9.71. The Bertz CT molecular complexity index is 733. The van der Waals surface area contributed by atoms with Gasteiger partial charge in [0.05, 0.1) is 17.4 Å². The van der Waals surface area contributed by atoms with Crippen LogP contribution in [0, 0.1) is 5.82 Å². The second-order valence-electron chi connectivity index (χ2n) is 3.57. The SMILES string of the molecule is O=c1nc(-c2cn[nH]c2)c2ccc(F)cc2[nH]1. The van der Waals surface area contributed by atoms with Gasteiger partial charge in [-0.1, -0.05) is 0 Å². The number of hydrogen-bond donors (Lipinski definition) is 2. The van der Waals surface area contributed by atoms with E-state index in [1.54, 1.807) is 18.5 Å². The molecule has 0 saturated carbocycles. The number of aromatic nitrogens is 4. The summed E-state index contributed by atoms with van der Waals surface area (Å²) in [5, 5.41) is 7.12. The van der Waals surface area contributed by atoms with E-state index in [1.165, 1.54) is 12.1 Å². The number of hydrogen-bond acceptors (Lipinski definition) is 3. The summed E-state index contributed by atoms with van der Waals surface area (Å²) in [6.45, 7) is 0. The van der Waals surface area contributed by atoms with Crippen molar-refractivity contribution in [3.05, 3.63) is 46.9 Å². The lowest BCUT2D eigenvalue weighted by Crippen LogP contribution is -2.11. The van der Waals surface area contributed by atoms with E-state index in [2.05, 4.69) is 20.2 Å². The smallest absolute Gasteiger partial charge is 0.305 e. The molecular weight excluding hydrogens is 223 g/mol. The van der Waals surface area contributed by atoms with Gasteiger partial charge in [0.25, 0.3) is 0 Å². The van der Waals surface area contributed by atoms with Crippen LogP contribution in [0.15, 0.2) is 35.4 Å². The molecule has 84 valence electrons. The highest BCUT2D eigenvalue weighted by atomic mass is 19.1. The second kappa shape index (κ2) is 3.51. The van der Waals surface area contributed by atoms with Gasteiger partial charge in [-0.2, -0.15) is 10.1 Å². The molecule has 0 atom stereocenters. The molecule has 0 amide bonds. The highest BCUT2D eigenvalue weighted by molar-refractivity contribution is 5.91. The Balaban J connectivity index is 2.42. The number of halogens is 1. The predicted octanol–water partition coefficient (Wildman–Crippen LogP) is 1.45. The Hall–Kier alpha value is -2.50. The van der Waals surface area contributed by atoms with Crippen molar-refractivity contribution >= 4 is 10.9 Å². The second-order valence-corrected chi connectivity index (χ2v) is 3.57. The zero-order valence-corrected chi connectivity index (χ0v) is 8.57. The first-order chi connectivity index (χ1) is 8.24. The van der Waals surface area contributed by atoms with E-state index in [0.717, 1.165) is 0 Å². The lowest BCUT2D eigenvalue weighted by atomic mass is 10.1. The van der Waals surface area contributed by atoms with Gasteiger partial charge < -0.3 is 4.98 Å². The average Bonchev–Trinajstić information content (AvgIpc) is 2.80. The molecule has 0 aliphatic rings. The molecule has 3 rings (SSSR count). The molecule has 0 aliphatic carbocycles. The van der Waals surface area contributed by atoms with E-state index in [0.29, 0.717) is 22.2 Å². The van der Waals surface area contributed by atoms with E-state index < -0.39 is 11.5 Å². The molecule has 1 aromatic carbocycles. The van der Waals surface area contributed by atoms with Gasteiger partial charge in [0, 0.05) is 17.1 Å². The van der Waals surface area contributed by atoms with Crippen molar-refractivity contribution in [3.63, 3.8) is 0 Å². The number of rotatable bonds is 1. The van der Waals surface area contributed by atoms with Crippen LogP contribution in [0.2, 0.25) is 0 Å². The van der Waals surface area contributed by atoms with Gasteiger partial charge in [0.2, 0.25) is 0 Å². The van der Waals surface area contributed by atoms with Crippen molar-refractivity contribution in [2.75, 3.05) is 0 Å². The number of nitrogens with zero attached hydrogens (tertiary/aromatic N) is 2. The highest BCUT2D eigenvalue weighted by Gasteiger charge is 2.08. The molecule has 5 nitrogen and oxygen atoms in total. The minimum absolute atomic E-state index is 0.405. The van der Waals surface area contributed by atoms with Crippen molar-refractivity contribution in [1.29, 1.82) is 0 Å². The molecule has 17 heavy (non-hydrogen) atoms. The summed E-state index contributed by atoms with van der Waals surface area (Å²) >= 11 is 0. The van der Waals surface area contributed by atoms with Gasteiger partial charge in [0.15, 0.2) is 0 Å². The highest BCUT2D eigenvalue weighted by Crippen LogP contribution is 2.23. The van der Waals surface area contributed by atoms with Crippen LogP contribution in [0.25, 0.3) is 22.2 Å². The number of benzene rings is 1. The fourth-order valence-corrected chi connectivity index (χ4v) is 1.73. The van der Waals surface area contributed by atoms with E-state index in [9.17, 15) is 9.18 Å². The zero-order valence-electron chi connectivity index (χ0n) is 8.57. The Kier molecular flexibility index (Phi) is 2.01. The largest absolute Gasteiger partial charge is 0.345 e. The Morgan fingerprint density at radius 1 is 1.29 bits per heavy atom. The molecule has 6 heteroatoms. The molecule has 2 N–H and O–H groups in total. The molecule has 0 spiro atoms. The molecule has 0 unspecified atom stereocenters. The van der Waals surface area contributed by atoms with Crippen LogP contribution in [-0.2, 0) is 0 Å². The fraction of sp³-hybridized carbons (Fsp3) is 0. The van der Waals surface area contributed by atoms with Gasteiger partial charge in [-0.25, -0.2) is 9.18 Å². The minimum atomic E-state index is -0.515. The topological polar surface area (TPSA) is 74.4 Å². The maximum absolute atomic E-state index is 13.1. The number of aromatic amines is 2. The summed E-state index contributed by atoms with van der Waals surface area (Å²) < 4.78 is 13.1. The molecule has 0 fully saturated rings. The Labute approximate surface area is 94.3 Å². The van der Waals surface area contributed by atoms with E-state index >= 15 is 0 Å². The maximum Gasteiger partial charge on any atom is 0.345 e. The maximum atomic E-state index is 13.1. The summed E-state index contributed by atoms with van der Waals surface area (Å²) in [5.41, 5.74) is 1.07. The van der Waals surface area contributed by atoms with Gasteiger partial charge >= 0.3 is 5.69 Å². The van der Waals surface area contributed by atoms with Crippen molar-refractivity contribution < 1.29 is 4.39 Å². The van der Waals surface area contributed by atoms with Crippen LogP contribution in [-0.4, -0.2) is 20.2 Å². The molecule has 2 heterocycles. The lowest BCUT2D eigenvalue weighted by Gasteiger charge is -2.02. The van der Waals surface area contributed by atoms with Crippen molar-refractivity contribution in [3.8, 4) is 11.3 Å². The van der Waals surface area contributed by atoms with Gasteiger partial charge in [-0.15, -0.1) is 0 Å². The van der Waals surface area contributed by atoms with Crippen LogP contribution in [0.3, 0.4) is 0 Å². The van der Waals surface area contributed by atoms with Crippen LogP contribution in [0.1, 0.15) is 0 Å². The number of H-pyrrole nitrogens is 2. The zero-order chi connectivity index (χ0) is 11.8. The van der Waals surface area contributed by atoms with E-state index in [4.69, 9.17) is 0 Å². The van der Waals surface area contributed by atoms with Gasteiger partial charge in [0.1, 0.15) is 5.82 Å². The molecule has 0 bridgehead atoms. The molecule has 0 aliphatic heterocycles. The number of nitrogens with one attached hydrogen (secondary N) is 2. The van der Waals surface area contributed by atoms with E-state index in [1.807, 2.05) is 0 Å². The summed E-state index contributed by atoms with van der Waals surface area (Å²) in [5.74, 6) is -0.405. The van der Waals surface area contributed by atoms with Crippen molar-refractivity contribution in [2.24, 2.45) is 0 Å². The Morgan fingerprint density at radius 3 is 2.94 bits per heavy atom. The third kappa shape index (κ3) is 1.59. The Morgan fingerprint density at radius 2 is 2.18 bits per heavy atom. The summed E-state index contributed by atoms with van der Waals surface area (Å²) in [6.07, 6.45) is 3.19. The van der Waals surface area contributed by atoms with E-state index in [-0.39, 0.29) is 0 Å². The quantitative estimate of drug-likeness (QED) is 0.664. The van der Waals surface area contributed by atoms with Gasteiger partial charge in [-0.3, -0.25) is 5.10 Å². The molecule has 2 aromatic heterocycles. The molecule has 0 radical (unpaired) electrons. The van der Waals surface area contributed by atoms with Crippen molar-refractivity contribution in [1.82, 2.24) is 20.2 Å². The number of fused-ring (bicyclic) bond motifs is 1. The fourth-order valence-electron chi connectivity index (χ4n) is 1.73. The van der Waals surface area contributed by atoms with Crippen molar-refractivity contribution in [2.45, 2.75) is 0 Å². The van der Waals surface area contributed by atoms with Gasteiger partial charge in [-0.05, 0) is 18.2 Å². The van der Waals surface area contributed by atoms with Crippen LogP contribution < -0.4 is 5.69 Å². The molecule has 0 saturated heterocycles. The third-order valence-corrected chi connectivity index (χ3v) is 2.46. The first-order valence-electron chi connectivity index (χ1n) is 4.93. The first-order valence-corrected chi connectivity index (χ1v) is 4.93. The monoisotopic (exact) mass is 230 g/mol. The lowest BCUT2D eigenvalue weighted by molar-refractivity contribution is 0.629.